The summed E-state index contributed by atoms with van der Waals surface area (Å²) in [4.78, 5) is 41.1. The van der Waals surface area contributed by atoms with E-state index in [9.17, 15) is 22.8 Å². The van der Waals surface area contributed by atoms with E-state index in [1.165, 1.54) is 26.0 Å². The van der Waals surface area contributed by atoms with E-state index in [1.54, 1.807) is 24.3 Å². The van der Waals surface area contributed by atoms with Crippen LogP contribution in [0.2, 0.25) is 0 Å². The molecular formula is C35H44N2O9S. The number of fused-ring (bicyclic) bond motifs is 4. The second kappa shape index (κ2) is 16.7. The minimum absolute atomic E-state index is 0.00518. The summed E-state index contributed by atoms with van der Waals surface area (Å²) in [6.45, 7) is 10.0. The van der Waals surface area contributed by atoms with Crippen molar-refractivity contribution in [2.45, 2.75) is 77.0 Å². The molecule has 0 amide bonds. The number of carbonyl (C=O) groups is 3. The summed E-state index contributed by atoms with van der Waals surface area (Å²) in [5.74, 6) is -2.41. The van der Waals surface area contributed by atoms with Gasteiger partial charge in [-0.1, -0.05) is 40.0 Å². The number of ether oxygens (including phenoxy) is 3. The highest BCUT2D eigenvalue weighted by Gasteiger charge is 2.35. The Bertz CT molecular complexity index is 1700. The van der Waals surface area contributed by atoms with Crippen LogP contribution in [0.3, 0.4) is 0 Å². The molecule has 0 spiro atoms. The number of hydrogen-bond acceptors (Lipinski definition) is 10. The summed E-state index contributed by atoms with van der Waals surface area (Å²) in [6, 6.07) is 7.94. The largest absolute Gasteiger partial charge is 0.494 e. The molecule has 254 valence electrons. The van der Waals surface area contributed by atoms with Gasteiger partial charge in [0.2, 0.25) is 10.0 Å². The molecule has 4 rings (SSSR count). The molecule has 2 heterocycles. The van der Waals surface area contributed by atoms with Crippen molar-refractivity contribution in [3.63, 3.8) is 0 Å². The van der Waals surface area contributed by atoms with Crippen LogP contribution in [0, 0.1) is 0 Å². The first kappa shape index (κ1) is 35.8. The lowest BCUT2D eigenvalue weighted by atomic mass is 9.97. The first-order valence-electron chi connectivity index (χ1n) is 16.3. The Hall–Kier alpha value is -4.00. The van der Waals surface area contributed by atoms with Crippen LogP contribution >= 0.6 is 0 Å². The molecular weight excluding hydrogens is 624 g/mol. The number of esters is 2. The Morgan fingerprint density at radius 2 is 1.49 bits per heavy atom. The quantitative estimate of drug-likeness (QED) is 0.0746. The van der Waals surface area contributed by atoms with Gasteiger partial charge in [0, 0.05) is 36.7 Å². The van der Waals surface area contributed by atoms with E-state index in [2.05, 4.69) is 23.5 Å². The third kappa shape index (κ3) is 8.88. The van der Waals surface area contributed by atoms with E-state index in [0.717, 1.165) is 57.5 Å². The number of benzene rings is 2. The predicted octanol–water partition coefficient (Wildman–Crippen LogP) is 5.97. The summed E-state index contributed by atoms with van der Waals surface area (Å²) in [7, 11) is -3.20. The number of ketones is 1. The third-order valence-electron chi connectivity index (χ3n) is 7.88. The molecule has 0 saturated heterocycles. The number of rotatable bonds is 18. The number of carbonyl (C=O) groups excluding carboxylic acids is 3. The second-order valence-corrected chi connectivity index (χ2v) is 13.2. The first-order chi connectivity index (χ1) is 22.6. The number of sulfonamides is 1. The Morgan fingerprint density at radius 1 is 0.872 bits per heavy atom. The minimum Gasteiger partial charge on any atom is -0.494 e. The zero-order valence-electron chi connectivity index (χ0n) is 27.6. The van der Waals surface area contributed by atoms with Gasteiger partial charge in [-0.3, -0.25) is 4.79 Å². The molecule has 12 heteroatoms. The van der Waals surface area contributed by atoms with Gasteiger partial charge >= 0.3 is 11.9 Å². The van der Waals surface area contributed by atoms with Crippen LogP contribution in [0.25, 0.3) is 11.0 Å². The molecule has 47 heavy (non-hydrogen) atoms. The van der Waals surface area contributed by atoms with Crippen molar-refractivity contribution in [3.05, 3.63) is 59.4 Å². The lowest BCUT2D eigenvalue weighted by molar-refractivity contribution is -0.131. The van der Waals surface area contributed by atoms with E-state index < -0.39 is 44.1 Å². The average molecular weight is 669 g/mol. The Labute approximate surface area is 276 Å². The SMILES string of the molecule is CCCCc1oc2cc3c(S(=O)(=O)NC)c(c2c1C(=O)c1ccc(OCCCN(CCCC)CCCC)cc1)OC(=O)/C=C/C(=O)O3. The standard InChI is InChI=1S/C35H44N2O9S/c1-5-8-12-26-31(33(40)24-13-15-25(16-14-24)43-22-11-21-37(19-9-6-2)20-10-7-3)32-27(44-26)23-28-35(47(41,42)36-4)34(32)46-30(39)18-17-29(38)45-28/h13-18,23,36H,5-12,19-22H2,1-4H3/b18-17+. The summed E-state index contributed by atoms with van der Waals surface area (Å²) >= 11 is 0. The number of aryl methyl sites for hydroxylation is 1. The summed E-state index contributed by atoms with van der Waals surface area (Å²) in [6.07, 6.45) is 9.02. The van der Waals surface area contributed by atoms with Crippen molar-refractivity contribution in [2.24, 2.45) is 0 Å². The Kier molecular flexibility index (Phi) is 12.7. The van der Waals surface area contributed by atoms with Gasteiger partial charge in [-0.2, -0.15) is 0 Å². The fourth-order valence-electron chi connectivity index (χ4n) is 5.35. The fraction of sp³-hybridized carbons (Fsp3) is 0.457. The molecule has 0 saturated carbocycles. The maximum Gasteiger partial charge on any atom is 0.336 e. The highest BCUT2D eigenvalue weighted by molar-refractivity contribution is 7.89. The maximum absolute atomic E-state index is 14.2. The van der Waals surface area contributed by atoms with Gasteiger partial charge in [0.05, 0.1) is 17.6 Å². The van der Waals surface area contributed by atoms with Crippen molar-refractivity contribution in [1.82, 2.24) is 9.62 Å². The maximum atomic E-state index is 14.2. The number of hydrogen-bond donors (Lipinski definition) is 1. The van der Waals surface area contributed by atoms with Gasteiger partial charge in [-0.25, -0.2) is 22.7 Å². The van der Waals surface area contributed by atoms with E-state index in [1.807, 2.05) is 6.92 Å². The Morgan fingerprint density at radius 3 is 2.11 bits per heavy atom. The molecule has 1 aliphatic heterocycles. The lowest BCUT2D eigenvalue weighted by Gasteiger charge is -2.21. The molecule has 1 aliphatic rings. The number of furan rings is 1. The molecule has 3 aromatic rings. The van der Waals surface area contributed by atoms with Gasteiger partial charge in [-0.05, 0) is 70.1 Å². The van der Waals surface area contributed by atoms with Crippen molar-refractivity contribution in [3.8, 4) is 17.2 Å². The van der Waals surface area contributed by atoms with Crippen molar-refractivity contribution < 1.29 is 41.4 Å². The van der Waals surface area contributed by atoms with E-state index >= 15 is 0 Å². The van der Waals surface area contributed by atoms with Crippen molar-refractivity contribution in [2.75, 3.05) is 33.3 Å². The molecule has 1 N–H and O–H groups in total. The van der Waals surface area contributed by atoms with E-state index in [-0.39, 0.29) is 16.5 Å². The van der Waals surface area contributed by atoms with Crippen molar-refractivity contribution in [1.29, 1.82) is 0 Å². The van der Waals surface area contributed by atoms with E-state index in [4.69, 9.17) is 18.6 Å². The summed E-state index contributed by atoms with van der Waals surface area (Å²) in [5, 5.41) is -0.00518. The fourth-order valence-corrected chi connectivity index (χ4v) is 6.31. The van der Waals surface area contributed by atoms with Crippen LogP contribution in [-0.2, 0) is 26.0 Å². The molecule has 11 nitrogen and oxygen atoms in total. The van der Waals surface area contributed by atoms with E-state index in [0.29, 0.717) is 36.5 Å². The average Bonchev–Trinajstić information content (AvgIpc) is 3.44. The van der Waals surface area contributed by atoms with Crippen LogP contribution < -0.4 is 18.9 Å². The molecule has 1 aromatic heterocycles. The van der Waals surface area contributed by atoms with Gasteiger partial charge in [0.25, 0.3) is 0 Å². The molecule has 0 aliphatic carbocycles. The van der Waals surface area contributed by atoms with Crippen molar-refractivity contribution >= 4 is 38.7 Å². The molecule has 2 aromatic carbocycles. The van der Waals surface area contributed by atoms with Gasteiger partial charge < -0.3 is 23.5 Å². The first-order valence-corrected chi connectivity index (χ1v) is 17.8. The monoisotopic (exact) mass is 668 g/mol. The molecule has 0 unspecified atom stereocenters. The number of nitrogens with zero attached hydrogens (tertiary/aromatic N) is 1. The van der Waals surface area contributed by atoms with Gasteiger partial charge in [-0.15, -0.1) is 0 Å². The molecule has 2 bridgehead atoms. The summed E-state index contributed by atoms with van der Waals surface area (Å²) in [5.41, 5.74) is 0.407. The summed E-state index contributed by atoms with van der Waals surface area (Å²) < 4.78 is 51.5. The lowest BCUT2D eigenvalue weighted by Crippen LogP contribution is -2.28. The second-order valence-electron chi connectivity index (χ2n) is 11.4. The van der Waals surface area contributed by atoms with Crippen LogP contribution in [-0.4, -0.2) is 64.3 Å². The Balaban J connectivity index is 1.68. The third-order valence-corrected chi connectivity index (χ3v) is 9.34. The molecule has 0 atom stereocenters. The van der Waals surface area contributed by atoms with Crippen LogP contribution in [0.1, 0.15) is 87.4 Å². The zero-order valence-corrected chi connectivity index (χ0v) is 28.4. The number of unbranched alkanes of at least 4 members (excludes halogenated alkanes) is 3. The van der Waals surface area contributed by atoms with Gasteiger partial charge in [0.1, 0.15) is 17.1 Å². The van der Waals surface area contributed by atoms with Gasteiger partial charge in [0.15, 0.2) is 22.2 Å². The van der Waals surface area contributed by atoms with Crippen LogP contribution in [0.15, 0.2) is 51.8 Å². The van der Waals surface area contributed by atoms with Crippen LogP contribution in [0.5, 0.6) is 17.2 Å². The smallest absolute Gasteiger partial charge is 0.336 e. The molecule has 0 radical (unpaired) electrons. The highest BCUT2D eigenvalue weighted by atomic mass is 32.2. The normalized spacial score (nSPS) is 14.0. The highest BCUT2D eigenvalue weighted by Crippen LogP contribution is 2.45. The predicted molar refractivity (Wildman–Crippen MR) is 178 cm³/mol. The molecule has 0 fully saturated rings. The van der Waals surface area contributed by atoms with Crippen LogP contribution in [0.4, 0.5) is 0 Å². The number of nitrogens with one attached hydrogen (secondary N) is 1. The minimum atomic E-state index is -4.37. The topological polar surface area (TPSA) is 141 Å². The zero-order chi connectivity index (χ0) is 34.0.